The molecule has 0 saturated carbocycles. The molecule has 2 rings (SSSR count). The normalized spacial score (nSPS) is 9.76. The van der Waals surface area contributed by atoms with Crippen molar-refractivity contribution in [2.45, 2.75) is 0 Å². The van der Waals surface area contributed by atoms with E-state index in [-0.39, 0.29) is 6.61 Å². The van der Waals surface area contributed by atoms with Crippen molar-refractivity contribution < 1.29 is 14.3 Å². The van der Waals surface area contributed by atoms with Crippen molar-refractivity contribution in [3.05, 3.63) is 57.5 Å². The Morgan fingerprint density at radius 1 is 1.24 bits per heavy atom. The summed E-state index contributed by atoms with van der Waals surface area (Å²) in [6.07, 6.45) is 0. The maximum atomic E-state index is 11.7. The third kappa shape index (κ3) is 4.48. The van der Waals surface area contributed by atoms with Gasteiger partial charge in [0.15, 0.2) is 6.61 Å². The Labute approximate surface area is 135 Å². The minimum atomic E-state index is -0.557. The molecule has 21 heavy (non-hydrogen) atoms. The number of ether oxygens (including phenoxy) is 2. The lowest BCUT2D eigenvalue weighted by Crippen LogP contribution is -2.17. The lowest BCUT2D eigenvalue weighted by atomic mass is 10.2. The number of halogens is 2. The van der Waals surface area contributed by atoms with Crippen molar-refractivity contribution in [1.29, 1.82) is 5.26 Å². The first-order chi connectivity index (χ1) is 10.1. The highest BCUT2D eigenvalue weighted by atomic mass is 79.9. The molecule has 0 radical (unpaired) electrons. The van der Waals surface area contributed by atoms with Crippen molar-refractivity contribution in [2.24, 2.45) is 0 Å². The first kappa shape index (κ1) is 15.4. The first-order valence-electron chi connectivity index (χ1n) is 5.87. The standard InChI is InChI=1S/C15H9BrClNO3/c16-11-3-6-14(13(17)7-11)20-9-15(19)21-12-4-1-10(8-18)2-5-12/h1-7H,9H2. The number of benzene rings is 2. The van der Waals surface area contributed by atoms with Gasteiger partial charge in [0.05, 0.1) is 16.7 Å². The molecule has 2 aromatic rings. The molecule has 0 N–H and O–H groups in total. The molecule has 6 heteroatoms. The fraction of sp³-hybridized carbons (Fsp3) is 0.0667. The van der Waals surface area contributed by atoms with E-state index >= 15 is 0 Å². The third-order valence-electron chi connectivity index (χ3n) is 2.45. The molecule has 0 fully saturated rings. The van der Waals surface area contributed by atoms with E-state index in [1.165, 1.54) is 0 Å². The molecule has 0 aromatic heterocycles. The van der Waals surface area contributed by atoms with Crippen molar-refractivity contribution >= 4 is 33.5 Å². The summed E-state index contributed by atoms with van der Waals surface area (Å²) in [7, 11) is 0. The van der Waals surface area contributed by atoms with Crippen LogP contribution >= 0.6 is 27.5 Å². The summed E-state index contributed by atoms with van der Waals surface area (Å²) in [5.41, 5.74) is 0.493. The lowest BCUT2D eigenvalue weighted by molar-refractivity contribution is -0.136. The SMILES string of the molecule is N#Cc1ccc(OC(=O)COc2ccc(Br)cc2Cl)cc1. The molecule has 2 aromatic carbocycles. The number of carbonyl (C=O) groups is 1. The zero-order chi connectivity index (χ0) is 15.2. The molecule has 0 atom stereocenters. The van der Waals surface area contributed by atoms with Gasteiger partial charge in [0.25, 0.3) is 0 Å². The summed E-state index contributed by atoms with van der Waals surface area (Å²) in [5.74, 6) is 0.194. The molecule has 0 aliphatic carbocycles. The summed E-state index contributed by atoms with van der Waals surface area (Å²) in [6.45, 7) is -0.263. The molecule has 0 saturated heterocycles. The molecule has 106 valence electrons. The van der Waals surface area contributed by atoms with Gasteiger partial charge in [0, 0.05) is 4.47 Å². The Balaban J connectivity index is 1.91. The van der Waals surface area contributed by atoms with Crippen LogP contribution in [0.4, 0.5) is 0 Å². The van der Waals surface area contributed by atoms with E-state index in [1.54, 1.807) is 42.5 Å². The number of rotatable bonds is 4. The molecular formula is C15H9BrClNO3. The number of hydrogen-bond donors (Lipinski definition) is 0. The third-order valence-corrected chi connectivity index (χ3v) is 3.24. The van der Waals surface area contributed by atoms with Crippen LogP contribution in [-0.4, -0.2) is 12.6 Å². The predicted octanol–water partition coefficient (Wildman–Crippen LogP) is 3.96. The van der Waals surface area contributed by atoms with Crippen LogP contribution in [0.3, 0.4) is 0 Å². The maximum Gasteiger partial charge on any atom is 0.349 e. The number of esters is 1. The number of carbonyl (C=O) groups excluding carboxylic acids is 1. The van der Waals surface area contributed by atoms with E-state index in [4.69, 9.17) is 26.3 Å². The van der Waals surface area contributed by atoms with Crippen LogP contribution in [-0.2, 0) is 4.79 Å². The van der Waals surface area contributed by atoms with Gasteiger partial charge in [-0.15, -0.1) is 0 Å². The van der Waals surface area contributed by atoms with E-state index < -0.39 is 5.97 Å². The number of nitrogens with zero attached hydrogens (tertiary/aromatic N) is 1. The second-order valence-electron chi connectivity index (χ2n) is 3.97. The molecular weight excluding hydrogens is 358 g/mol. The molecule has 0 spiro atoms. The van der Waals surface area contributed by atoms with Gasteiger partial charge in [-0.25, -0.2) is 4.79 Å². The van der Waals surface area contributed by atoms with Crippen LogP contribution < -0.4 is 9.47 Å². The zero-order valence-electron chi connectivity index (χ0n) is 10.7. The van der Waals surface area contributed by atoms with Gasteiger partial charge < -0.3 is 9.47 Å². The van der Waals surface area contributed by atoms with Crippen LogP contribution in [0.15, 0.2) is 46.9 Å². The Hall–Kier alpha value is -2.03. The van der Waals surface area contributed by atoms with Gasteiger partial charge in [0.1, 0.15) is 11.5 Å². The smallest absolute Gasteiger partial charge is 0.349 e. The van der Waals surface area contributed by atoms with Gasteiger partial charge in [-0.3, -0.25) is 0 Å². The summed E-state index contributed by atoms with van der Waals surface area (Å²) < 4.78 is 11.2. The van der Waals surface area contributed by atoms with Crippen LogP contribution in [0, 0.1) is 11.3 Å². The topological polar surface area (TPSA) is 59.3 Å². The Kier molecular flexibility index (Phi) is 5.20. The lowest BCUT2D eigenvalue weighted by Gasteiger charge is -2.08. The monoisotopic (exact) mass is 365 g/mol. The van der Waals surface area contributed by atoms with Crippen molar-refractivity contribution in [1.82, 2.24) is 0 Å². The van der Waals surface area contributed by atoms with Crippen LogP contribution in [0.5, 0.6) is 11.5 Å². The summed E-state index contributed by atoms with van der Waals surface area (Å²) in [5, 5.41) is 9.07. The average molecular weight is 367 g/mol. The molecule has 0 aliphatic heterocycles. The first-order valence-corrected chi connectivity index (χ1v) is 7.04. The van der Waals surface area contributed by atoms with Gasteiger partial charge >= 0.3 is 5.97 Å². The van der Waals surface area contributed by atoms with Crippen LogP contribution in [0.2, 0.25) is 5.02 Å². The van der Waals surface area contributed by atoms with E-state index in [0.29, 0.717) is 22.1 Å². The van der Waals surface area contributed by atoms with Crippen molar-refractivity contribution in [3.63, 3.8) is 0 Å². The molecule has 0 amide bonds. The fourth-order valence-corrected chi connectivity index (χ4v) is 2.22. The summed E-state index contributed by atoms with van der Waals surface area (Å²) in [4.78, 5) is 11.7. The maximum absolute atomic E-state index is 11.7. The summed E-state index contributed by atoms with van der Waals surface area (Å²) >= 11 is 9.25. The molecule has 0 unspecified atom stereocenters. The highest BCUT2D eigenvalue weighted by molar-refractivity contribution is 9.10. The Bertz CT molecular complexity index is 695. The second-order valence-corrected chi connectivity index (χ2v) is 5.30. The Morgan fingerprint density at radius 2 is 1.95 bits per heavy atom. The quantitative estimate of drug-likeness (QED) is 0.607. The minimum absolute atomic E-state index is 0.263. The van der Waals surface area contributed by atoms with E-state index in [1.807, 2.05) is 6.07 Å². The molecule has 0 aliphatic rings. The van der Waals surface area contributed by atoms with Crippen molar-refractivity contribution in [3.8, 4) is 17.6 Å². The fourth-order valence-electron chi connectivity index (χ4n) is 1.49. The van der Waals surface area contributed by atoms with Gasteiger partial charge in [-0.2, -0.15) is 5.26 Å². The molecule has 0 bridgehead atoms. The van der Waals surface area contributed by atoms with Gasteiger partial charge in [0.2, 0.25) is 0 Å². The largest absolute Gasteiger partial charge is 0.480 e. The predicted molar refractivity (Wildman–Crippen MR) is 81.4 cm³/mol. The van der Waals surface area contributed by atoms with Gasteiger partial charge in [-0.1, -0.05) is 27.5 Å². The molecule has 4 nitrogen and oxygen atoms in total. The van der Waals surface area contributed by atoms with Crippen LogP contribution in [0.25, 0.3) is 0 Å². The van der Waals surface area contributed by atoms with E-state index in [2.05, 4.69) is 15.9 Å². The minimum Gasteiger partial charge on any atom is -0.480 e. The molecule has 0 heterocycles. The van der Waals surface area contributed by atoms with E-state index in [9.17, 15) is 4.79 Å². The van der Waals surface area contributed by atoms with Crippen molar-refractivity contribution in [2.75, 3.05) is 6.61 Å². The second kappa shape index (κ2) is 7.11. The van der Waals surface area contributed by atoms with Crippen LogP contribution in [0.1, 0.15) is 5.56 Å². The highest BCUT2D eigenvalue weighted by Gasteiger charge is 2.08. The average Bonchev–Trinajstić information content (AvgIpc) is 2.47. The summed E-state index contributed by atoms with van der Waals surface area (Å²) in [6, 6.07) is 13.3. The number of hydrogen-bond acceptors (Lipinski definition) is 4. The van der Waals surface area contributed by atoms with E-state index in [0.717, 1.165) is 4.47 Å². The number of nitriles is 1. The zero-order valence-corrected chi connectivity index (χ0v) is 13.0. The Morgan fingerprint density at radius 3 is 2.57 bits per heavy atom. The highest BCUT2D eigenvalue weighted by Crippen LogP contribution is 2.27. The van der Waals surface area contributed by atoms with Gasteiger partial charge in [-0.05, 0) is 42.5 Å².